The minimum Gasteiger partial charge on any atom is -0.481 e. The van der Waals surface area contributed by atoms with Gasteiger partial charge in [0.15, 0.2) is 0 Å². The first-order valence-electron chi connectivity index (χ1n) is 5.43. The van der Waals surface area contributed by atoms with Crippen LogP contribution in [0, 0.1) is 0 Å². The number of carbonyl (C=O) groups is 1. The van der Waals surface area contributed by atoms with Crippen LogP contribution in [0.1, 0.15) is 11.5 Å². The Balaban J connectivity index is 2.58. The zero-order valence-corrected chi connectivity index (χ0v) is 9.64. The molecule has 0 aliphatic heterocycles. The van der Waals surface area contributed by atoms with E-state index in [0.717, 1.165) is 0 Å². The summed E-state index contributed by atoms with van der Waals surface area (Å²) in [6, 6.07) is 8.38. The van der Waals surface area contributed by atoms with Gasteiger partial charge in [-0.25, -0.2) is 8.78 Å². The van der Waals surface area contributed by atoms with E-state index in [-0.39, 0.29) is 6.54 Å². The molecular weight excluding hydrogens is 244 g/mol. The molecule has 6 heteroatoms. The summed E-state index contributed by atoms with van der Waals surface area (Å²) in [4.78, 5) is 11.0. The van der Waals surface area contributed by atoms with Crippen molar-refractivity contribution in [3.8, 4) is 0 Å². The zero-order valence-electron chi connectivity index (χ0n) is 9.64. The molecule has 4 nitrogen and oxygen atoms in total. The normalized spacial score (nSPS) is 13.3. The molecule has 0 saturated carbocycles. The predicted octanol–water partition coefficient (Wildman–Crippen LogP) is 1.07. The number of rotatable bonds is 7. The Morgan fingerprint density at radius 1 is 1.33 bits per heavy atom. The average molecular weight is 259 g/mol. The number of aliphatic hydroxyl groups is 1. The summed E-state index contributed by atoms with van der Waals surface area (Å²) in [5.41, 5.74) is 0.546. The number of halogens is 2. The highest BCUT2D eigenvalue weighted by Crippen LogP contribution is 2.16. The summed E-state index contributed by atoms with van der Waals surface area (Å²) in [7, 11) is 0. The molecule has 1 unspecified atom stereocenters. The Morgan fingerprint density at radius 2 is 1.94 bits per heavy atom. The van der Waals surface area contributed by atoms with Gasteiger partial charge < -0.3 is 15.5 Å². The zero-order chi connectivity index (χ0) is 13.6. The van der Waals surface area contributed by atoms with Crippen LogP contribution in [0.3, 0.4) is 0 Å². The Labute approximate surface area is 103 Å². The molecule has 0 aliphatic carbocycles. The fourth-order valence-electron chi connectivity index (χ4n) is 1.49. The van der Waals surface area contributed by atoms with Crippen molar-refractivity contribution in [2.45, 2.75) is 11.8 Å². The number of benzene rings is 1. The topological polar surface area (TPSA) is 69.6 Å². The molecule has 0 heterocycles. The summed E-state index contributed by atoms with van der Waals surface area (Å²) >= 11 is 0. The van der Waals surface area contributed by atoms with Gasteiger partial charge >= 0.3 is 5.97 Å². The van der Waals surface area contributed by atoms with Gasteiger partial charge in [0.1, 0.15) is 6.61 Å². The quantitative estimate of drug-likeness (QED) is 0.685. The largest absolute Gasteiger partial charge is 0.481 e. The van der Waals surface area contributed by atoms with Gasteiger partial charge in [0.05, 0.1) is 12.5 Å². The number of nitrogens with one attached hydrogen (secondary N) is 1. The van der Waals surface area contributed by atoms with Gasteiger partial charge in [-0.05, 0) is 5.56 Å². The van der Waals surface area contributed by atoms with E-state index < -0.39 is 31.0 Å². The third-order valence-corrected chi connectivity index (χ3v) is 2.46. The Bertz CT molecular complexity index is 384. The molecule has 1 rings (SSSR count). The van der Waals surface area contributed by atoms with Crippen LogP contribution in [-0.2, 0) is 4.79 Å². The van der Waals surface area contributed by atoms with Crippen LogP contribution in [0.5, 0.6) is 0 Å². The van der Waals surface area contributed by atoms with Crippen LogP contribution in [-0.4, -0.2) is 41.8 Å². The van der Waals surface area contributed by atoms with Crippen LogP contribution in [0.15, 0.2) is 30.3 Å². The molecule has 0 bridgehead atoms. The minimum atomic E-state index is -3.24. The molecule has 0 spiro atoms. The summed E-state index contributed by atoms with van der Waals surface area (Å²) in [6.45, 7) is -2.13. The van der Waals surface area contributed by atoms with Gasteiger partial charge in [0, 0.05) is 6.54 Å². The van der Waals surface area contributed by atoms with Crippen molar-refractivity contribution < 1.29 is 23.8 Å². The molecule has 1 aromatic carbocycles. The molecule has 0 radical (unpaired) electrons. The van der Waals surface area contributed by atoms with Crippen molar-refractivity contribution in [2.24, 2.45) is 0 Å². The number of hydrogen-bond acceptors (Lipinski definition) is 3. The maximum Gasteiger partial charge on any atom is 0.312 e. The number of aliphatic hydroxyl groups excluding tert-OH is 1. The average Bonchev–Trinajstić information content (AvgIpc) is 2.35. The van der Waals surface area contributed by atoms with Gasteiger partial charge in [-0.2, -0.15) is 0 Å². The standard InChI is InChI=1S/C12H15F2NO3/c13-12(14,8-16)7-15-6-10(11(17)18)9-4-2-1-3-5-9/h1-5,10,15-16H,6-8H2,(H,17,18). The Morgan fingerprint density at radius 3 is 2.44 bits per heavy atom. The third-order valence-electron chi connectivity index (χ3n) is 2.46. The van der Waals surface area contributed by atoms with E-state index in [2.05, 4.69) is 5.32 Å². The lowest BCUT2D eigenvalue weighted by atomic mass is 9.99. The molecule has 3 N–H and O–H groups in total. The van der Waals surface area contributed by atoms with E-state index in [9.17, 15) is 13.6 Å². The molecule has 100 valence electrons. The second-order valence-electron chi connectivity index (χ2n) is 3.95. The number of aliphatic carboxylic acids is 1. The Hall–Kier alpha value is -1.53. The van der Waals surface area contributed by atoms with Crippen molar-refractivity contribution in [1.29, 1.82) is 0 Å². The fraction of sp³-hybridized carbons (Fsp3) is 0.417. The first kappa shape index (κ1) is 14.5. The van der Waals surface area contributed by atoms with E-state index in [1.54, 1.807) is 30.3 Å². The van der Waals surface area contributed by atoms with E-state index in [1.165, 1.54) is 0 Å². The monoisotopic (exact) mass is 259 g/mol. The SMILES string of the molecule is O=C(O)C(CNCC(F)(F)CO)c1ccccc1. The molecule has 0 amide bonds. The van der Waals surface area contributed by atoms with Crippen molar-refractivity contribution in [3.63, 3.8) is 0 Å². The highest BCUT2D eigenvalue weighted by molar-refractivity contribution is 5.76. The summed E-state index contributed by atoms with van der Waals surface area (Å²) in [5, 5.41) is 19.8. The van der Waals surface area contributed by atoms with Crippen molar-refractivity contribution in [2.75, 3.05) is 19.7 Å². The number of carboxylic acids is 1. The summed E-state index contributed by atoms with van der Waals surface area (Å²) in [6.07, 6.45) is 0. The van der Waals surface area contributed by atoms with E-state index in [0.29, 0.717) is 5.56 Å². The second kappa shape index (κ2) is 6.42. The highest BCUT2D eigenvalue weighted by Gasteiger charge is 2.28. The summed E-state index contributed by atoms with van der Waals surface area (Å²) in [5.74, 6) is -5.21. The predicted molar refractivity (Wildman–Crippen MR) is 61.7 cm³/mol. The molecular formula is C12H15F2NO3. The molecule has 0 aliphatic rings. The second-order valence-corrected chi connectivity index (χ2v) is 3.95. The maximum absolute atomic E-state index is 12.7. The minimum absolute atomic E-state index is 0.116. The molecule has 1 aromatic rings. The molecule has 0 fully saturated rings. The van der Waals surface area contributed by atoms with Crippen LogP contribution in [0.25, 0.3) is 0 Å². The van der Waals surface area contributed by atoms with Crippen LogP contribution < -0.4 is 5.32 Å². The van der Waals surface area contributed by atoms with Crippen molar-refractivity contribution in [3.05, 3.63) is 35.9 Å². The summed E-state index contributed by atoms with van der Waals surface area (Å²) < 4.78 is 25.5. The lowest BCUT2D eigenvalue weighted by Crippen LogP contribution is -2.38. The lowest BCUT2D eigenvalue weighted by molar-refractivity contribution is -0.138. The molecule has 18 heavy (non-hydrogen) atoms. The maximum atomic E-state index is 12.7. The number of carboxylic acid groups (broad SMARTS) is 1. The van der Waals surface area contributed by atoms with Gasteiger partial charge in [0.2, 0.25) is 0 Å². The molecule has 1 atom stereocenters. The van der Waals surface area contributed by atoms with Gasteiger partial charge in [0.25, 0.3) is 5.92 Å². The third kappa shape index (κ3) is 4.38. The van der Waals surface area contributed by atoms with Crippen molar-refractivity contribution >= 4 is 5.97 Å². The molecule has 0 saturated heterocycles. The first-order valence-corrected chi connectivity index (χ1v) is 5.43. The first-order chi connectivity index (χ1) is 8.46. The lowest BCUT2D eigenvalue weighted by Gasteiger charge is -2.17. The van der Waals surface area contributed by atoms with E-state index in [4.69, 9.17) is 10.2 Å². The van der Waals surface area contributed by atoms with E-state index >= 15 is 0 Å². The van der Waals surface area contributed by atoms with Gasteiger partial charge in [-0.3, -0.25) is 4.79 Å². The van der Waals surface area contributed by atoms with Gasteiger partial charge in [-0.1, -0.05) is 30.3 Å². The van der Waals surface area contributed by atoms with E-state index in [1.807, 2.05) is 0 Å². The highest BCUT2D eigenvalue weighted by atomic mass is 19.3. The Kier molecular flexibility index (Phi) is 5.18. The van der Waals surface area contributed by atoms with Crippen LogP contribution >= 0.6 is 0 Å². The fourth-order valence-corrected chi connectivity index (χ4v) is 1.49. The van der Waals surface area contributed by atoms with Crippen LogP contribution in [0.4, 0.5) is 8.78 Å². The van der Waals surface area contributed by atoms with Crippen molar-refractivity contribution in [1.82, 2.24) is 5.32 Å². The van der Waals surface area contributed by atoms with Gasteiger partial charge in [-0.15, -0.1) is 0 Å². The smallest absolute Gasteiger partial charge is 0.312 e. The number of alkyl halides is 2. The van der Waals surface area contributed by atoms with Crippen LogP contribution in [0.2, 0.25) is 0 Å². The molecule has 0 aromatic heterocycles. The number of hydrogen-bond donors (Lipinski definition) is 3.